The first kappa shape index (κ1) is 16.6. The van der Waals surface area contributed by atoms with Gasteiger partial charge in [-0.15, -0.1) is 0 Å². The maximum absolute atomic E-state index is 12.5. The average molecular weight is 329 g/mol. The molecule has 1 amide bonds. The molecule has 1 aromatic rings. The third-order valence-corrected chi connectivity index (χ3v) is 3.27. The number of halogens is 6. The number of hydrogen-bond donors (Lipinski definition) is 0. The van der Waals surface area contributed by atoms with Crippen LogP contribution in [0.3, 0.4) is 0 Å². The normalized spacial score (nSPS) is 17.4. The highest BCUT2D eigenvalue weighted by Gasteiger charge is 2.42. The summed E-state index contributed by atoms with van der Waals surface area (Å²) in [7, 11) is 0. The molecule has 0 radical (unpaired) electrons. The van der Waals surface area contributed by atoms with Gasteiger partial charge >= 0.3 is 12.4 Å². The van der Waals surface area contributed by atoms with Crippen molar-refractivity contribution in [2.45, 2.75) is 44.2 Å². The van der Waals surface area contributed by atoms with Crippen molar-refractivity contribution in [3.63, 3.8) is 0 Å². The van der Waals surface area contributed by atoms with Gasteiger partial charge in [-0.1, -0.05) is 0 Å². The van der Waals surface area contributed by atoms with Crippen molar-refractivity contribution in [2.24, 2.45) is 0 Å². The molecule has 1 aromatic heterocycles. The molecule has 0 bridgehead atoms. The number of carbonyl (C=O) groups excluding carboxylic acids is 1. The third kappa shape index (κ3) is 3.92. The summed E-state index contributed by atoms with van der Waals surface area (Å²) < 4.78 is 75.7. The lowest BCUT2D eigenvalue weighted by Crippen LogP contribution is -2.43. The van der Waals surface area contributed by atoms with Gasteiger partial charge in [0.05, 0.1) is 0 Å². The second-order valence-corrected chi connectivity index (χ2v) is 5.17. The lowest BCUT2D eigenvalue weighted by atomic mass is 10.2. The molecule has 1 saturated carbocycles. The highest BCUT2D eigenvalue weighted by Crippen LogP contribution is 2.32. The van der Waals surface area contributed by atoms with E-state index in [9.17, 15) is 31.1 Å². The van der Waals surface area contributed by atoms with Crippen LogP contribution in [0, 0.1) is 0 Å². The zero-order valence-corrected chi connectivity index (χ0v) is 11.4. The van der Waals surface area contributed by atoms with E-state index < -0.39 is 42.6 Å². The first-order chi connectivity index (χ1) is 9.99. The minimum Gasteiger partial charge on any atom is -0.329 e. The van der Waals surface area contributed by atoms with E-state index in [-0.39, 0.29) is 0 Å². The molecule has 1 fully saturated rings. The maximum Gasteiger partial charge on any atom is 0.435 e. The van der Waals surface area contributed by atoms with E-state index in [4.69, 9.17) is 0 Å². The predicted octanol–water partition coefficient (Wildman–Crippen LogP) is 3.02. The van der Waals surface area contributed by atoms with Crippen LogP contribution in [0.25, 0.3) is 0 Å². The molecule has 0 aliphatic heterocycles. The van der Waals surface area contributed by atoms with E-state index in [0.717, 1.165) is 10.9 Å². The second-order valence-electron chi connectivity index (χ2n) is 5.17. The van der Waals surface area contributed by atoms with Crippen LogP contribution in [0.5, 0.6) is 0 Å². The number of nitrogens with zero attached hydrogens (tertiary/aromatic N) is 3. The van der Waals surface area contributed by atoms with Crippen molar-refractivity contribution in [2.75, 3.05) is 6.54 Å². The summed E-state index contributed by atoms with van der Waals surface area (Å²) in [6, 6.07) is -1.07. The highest BCUT2D eigenvalue weighted by molar-refractivity contribution is 5.80. The molecular weight excluding hydrogens is 316 g/mol. The monoisotopic (exact) mass is 329 g/mol. The molecule has 0 spiro atoms. The molecular formula is C12H13F6N3O. The van der Waals surface area contributed by atoms with Crippen molar-refractivity contribution in [3.8, 4) is 0 Å². The zero-order chi connectivity index (χ0) is 16.7. The summed E-state index contributed by atoms with van der Waals surface area (Å²) in [5.74, 6) is -0.892. The molecule has 1 atom stereocenters. The predicted molar refractivity (Wildman–Crippen MR) is 62.7 cm³/mol. The van der Waals surface area contributed by atoms with Crippen LogP contribution in [0.1, 0.15) is 31.5 Å². The van der Waals surface area contributed by atoms with E-state index in [0.29, 0.717) is 23.8 Å². The average Bonchev–Trinajstić information content (AvgIpc) is 3.07. The fourth-order valence-corrected chi connectivity index (χ4v) is 2.02. The second kappa shape index (κ2) is 5.47. The Morgan fingerprint density at radius 3 is 2.36 bits per heavy atom. The molecule has 1 heterocycles. The van der Waals surface area contributed by atoms with Gasteiger partial charge in [0, 0.05) is 12.2 Å². The van der Waals surface area contributed by atoms with Gasteiger partial charge in [0.15, 0.2) is 5.69 Å². The molecule has 0 N–H and O–H groups in total. The van der Waals surface area contributed by atoms with Crippen LogP contribution in [0.4, 0.5) is 26.3 Å². The van der Waals surface area contributed by atoms with Gasteiger partial charge < -0.3 is 4.90 Å². The Morgan fingerprint density at radius 1 is 1.36 bits per heavy atom. The summed E-state index contributed by atoms with van der Waals surface area (Å²) in [6.07, 6.45) is -7.37. The van der Waals surface area contributed by atoms with Crippen molar-refractivity contribution in [1.82, 2.24) is 14.7 Å². The minimum absolute atomic E-state index is 0.460. The van der Waals surface area contributed by atoms with Gasteiger partial charge in [-0.3, -0.25) is 9.48 Å². The van der Waals surface area contributed by atoms with E-state index in [2.05, 4.69) is 5.10 Å². The lowest BCUT2D eigenvalue weighted by Gasteiger charge is -2.26. The molecule has 1 aliphatic carbocycles. The maximum atomic E-state index is 12.5. The minimum atomic E-state index is -4.67. The van der Waals surface area contributed by atoms with Gasteiger partial charge in [0.1, 0.15) is 12.6 Å². The fourth-order valence-electron chi connectivity index (χ4n) is 2.02. The molecule has 22 heavy (non-hydrogen) atoms. The van der Waals surface area contributed by atoms with E-state index in [1.807, 2.05) is 0 Å². The van der Waals surface area contributed by atoms with Crippen LogP contribution >= 0.6 is 0 Å². The Hall–Kier alpha value is -1.74. The number of aromatic nitrogens is 2. The molecule has 1 aliphatic rings. The number of hydrogen-bond acceptors (Lipinski definition) is 2. The Balaban J connectivity index is 2.14. The van der Waals surface area contributed by atoms with Gasteiger partial charge in [0.25, 0.3) is 0 Å². The summed E-state index contributed by atoms with van der Waals surface area (Å²) in [6.45, 7) is -0.185. The SMILES string of the molecule is CC(C(=O)N(CC(F)(F)F)C1CC1)n1ccc(C(F)(F)F)n1. The van der Waals surface area contributed by atoms with Gasteiger partial charge in [0.2, 0.25) is 5.91 Å². The van der Waals surface area contributed by atoms with Crippen LogP contribution in [-0.4, -0.2) is 39.4 Å². The van der Waals surface area contributed by atoms with Crippen molar-refractivity contribution in [1.29, 1.82) is 0 Å². The summed E-state index contributed by atoms with van der Waals surface area (Å²) in [5.41, 5.74) is -1.19. The Kier molecular flexibility index (Phi) is 4.14. The first-order valence-corrected chi connectivity index (χ1v) is 6.48. The van der Waals surface area contributed by atoms with Crippen LogP contribution in [0.2, 0.25) is 0 Å². The molecule has 124 valence electrons. The van der Waals surface area contributed by atoms with Gasteiger partial charge in [-0.2, -0.15) is 31.4 Å². The zero-order valence-electron chi connectivity index (χ0n) is 11.4. The number of amides is 1. The summed E-state index contributed by atoms with van der Waals surface area (Å²) >= 11 is 0. The van der Waals surface area contributed by atoms with Crippen molar-refractivity contribution < 1.29 is 31.1 Å². The summed E-state index contributed by atoms with van der Waals surface area (Å²) in [5, 5.41) is 3.22. The number of carbonyl (C=O) groups is 1. The molecule has 4 nitrogen and oxygen atoms in total. The number of rotatable bonds is 4. The number of alkyl halides is 6. The van der Waals surface area contributed by atoms with E-state index in [1.165, 1.54) is 6.92 Å². The standard InChI is InChI=1S/C12H13F6N3O/c1-7(21-5-4-9(19-21)12(16,17)18)10(22)20(8-2-3-8)6-11(13,14)15/h4-5,7-8H,2-3,6H2,1H3. The third-order valence-electron chi connectivity index (χ3n) is 3.27. The molecule has 2 rings (SSSR count). The highest BCUT2D eigenvalue weighted by atomic mass is 19.4. The largest absolute Gasteiger partial charge is 0.435 e. The van der Waals surface area contributed by atoms with E-state index >= 15 is 0 Å². The van der Waals surface area contributed by atoms with E-state index in [1.54, 1.807) is 0 Å². The lowest BCUT2D eigenvalue weighted by molar-refractivity contribution is -0.164. The van der Waals surface area contributed by atoms with Crippen LogP contribution < -0.4 is 0 Å². The smallest absolute Gasteiger partial charge is 0.329 e. The first-order valence-electron chi connectivity index (χ1n) is 6.48. The quantitative estimate of drug-likeness (QED) is 0.797. The topological polar surface area (TPSA) is 38.1 Å². The summed E-state index contributed by atoms with van der Waals surface area (Å²) in [4.78, 5) is 12.8. The van der Waals surface area contributed by atoms with Crippen LogP contribution in [-0.2, 0) is 11.0 Å². The molecule has 0 aromatic carbocycles. The Morgan fingerprint density at radius 2 is 1.95 bits per heavy atom. The fraction of sp³-hybridized carbons (Fsp3) is 0.667. The Labute approximate surface area is 121 Å². The van der Waals surface area contributed by atoms with Gasteiger partial charge in [-0.25, -0.2) is 0 Å². The van der Waals surface area contributed by atoms with Crippen molar-refractivity contribution in [3.05, 3.63) is 18.0 Å². The molecule has 10 heteroatoms. The van der Waals surface area contributed by atoms with Crippen LogP contribution in [0.15, 0.2) is 12.3 Å². The van der Waals surface area contributed by atoms with Crippen molar-refractivity contribution >= 4 is 5.91 Å². The molecule has 1 unspecified atom stereocenters. The molecule has 0 saturated heterocycles. The van der Waals surface area contributed by atoms with Gasteiger partial charge in [-0.05, 0) is 25.8 Å². The Bertz CT molecular complexity index is 546.